The van der Waals surface area contributed by atoms with Crippen molar-refractivity contribution in [3.8, 4) is 11.5 Å². The Morgan fingerprint density at radius 3 is 2.58 bits per heavy atom. The normalized spacial score (nSPS) is 20.5. The predicted molar refractivity (Wildman–Crippen MR) is 117 cm³/mol. The third kappa shape index (κ3) is 4.61. The first-order chi connectivity index (χ1) is 14.6. The van der Waals surface area contributed by atoms with Gasteiger partial charge in [-0.2, -0.15) is 0 Å². The van der Waals surface area contributed by atoms with Crippen LogP contribution in [0.2, 0.25) is 0 Å². The number of methoxy groups -OCH3 is 1. The molecule has 0 unspecified atom stereocenters. The van der Waals surface area contributed by atoms with E-state index in [0.717, 1.165) is 0 Å². The molecule has 0 saturated carbocycles. The molecule has 2 heterocycles. The molecule has 0 aliphatic carbocycles. The quantitative estimate of drug-likeness (QED) is 0.488. The van der Waals surface area contributed by atoms with E-state index in [1.807, 2.05) is 13.8 Å². The number of thioether (sulfide) groups is 1. The molecule has 2 atom stereocenters. The summed E-state index contributed by atoms with van der Waals surface area (Å²) in [4.78, 5) is 43.5. The Bertz CT molecular complexity index is 984. The van der Waals surface area contributed by atoms with Gasteiger partial charge in [0.25, 0.3) is 0 Å². The van der Waals surface area contributed by atoms with Gasteiger partial charge in [0.05, 0.1) is 36.3 Å². The zero-order valence-electron chi connectivity index (χ0n) is 18.4. The molecule has 166 valence electrons. The number of rotatable bonds is 6. The van der Waals surface area contributed by atoms with Crippen LogP contribution in [-0.2, 0) is 19.1 Å². The van der Waals surface area contributed by atoms with Crippen LogP contribution in [0, 0.1) is 5.92 Å². The van der Waals surface area contributed by atoms with Gasteiger partial charge in [0, 0.05) is 6.92 Å². The number of hydrogen-bond donors (Lipinski definition) is 0. The first-order valence-corrected chi connectivity index (χ1v) is 10.8. The van der Waals surface area contributed by atoms with Crippen molar-refractivity contribution in [2.45, 2.75) is 45.9 Å². The molecule has 3 rings (SSSR count). The maximum Gasteiger partial charge on any atom is 0.338 e. The van der Waals surface area contributed by atoms with E-state index in [0.29, 0.717) is 27.8 Å². The van der Waals surface area contributed by atoms with Crippen molar-refractivity contribution in [1.82, 2.24) is 4.90 Å². The maximum atomic E-state index is 13.0. The number of esters is 2. The molecule has 1 aromatic rings. The lowest BCUT2D eigenvalue weighted by Gasteiger charge is -2.33. The highest BCUT2D eigenvalue weighted by Crippen LogP contribution is 2.44. The lowest BCUT2D eigenvalue weighted by molar-refractivity contribution is -0.141. The van der Waals surface area contributed by atoms with Gasteiger partial charge in [-0.3, -0.25) is 14.5 Å². The number of hydrogen-bond acceptors (Lipinski definition) is 8. The van der Waals surface area contributed by atoms with Gasteiger partial charge in [-0.05, 0) is 37.5 Å². The molecule has 31 heavy (non-hydrogen) atoms. The molecule has 8 nitrogen and oxygen atoms in total. The number of allylic oxidation sites excluding steroid dienone is 1. The maximum absolute atomic E-state index is 13.0. The second kappa shape index (κ2) is 9.13. The molecule has 1 saturated heterocycles. The summed E-state index contributed by atoms with van der Waals surface area (Å²) in [5.41, 5.74) is 1.43. The van der Waals surface area contributed by atoms with Crippen LogP contribution in [0.4, 0.5) is 0 Å². The summed E-state index contributed by atoms with van der Waals surface area (Å²) < 4.78 is 16.1. The fourth-order valence-corrected chi connectivity index (χ4v) is 4.42. The molecule has 1 aromatic carbocycles. The molecule has 2 aliphatic rings. The lowest BCUT2D eigenvalue weighted by atomic mass is 9.94. The van der Waals surface area contributed by atoms with Crippen molar-refractivity contribution in [2.75, 3.05) is 13.7 Å². The minimum Gasteiger partial charge on any atom is -0.493 e. The molecule has 0 bridgehead atoms. The summed E-state index contributed by atoms with van der Waals surface area (Å²) in [6, 6.07) is 4.23. The van der Waals surface area contributed by atoms with Gasteiger partial charge >= 0.3 is 11.9 Å². The average Bonchev–Trinajstić information content (AvgIpc) is 2.98. The van der Waals surface area contributed by atoms with Crippen molar-refractivity contribution in [3.05, 3.63) is 35.0 Å². The summed E-state index contributed by atoms with van der Waals surface area (Å²) in [7, 11) is 1.46. The largest absolute Gasteiger partial charge is 0.493 e. The van der Waals surface area contributed by atoms with Gasteiger partial charge in [0.15, 0.2) is 16.7 Å². The molecule has 1 fully saturated rings. The third-order valence-electron chi connectivity index (χ3n) is 4.78. The van der Waals surface area contributed by atoms with Gasteiger partial charge in [0.1, 0.15) is 0 Å². The van der Waals surface area contributed by atoms with Gasteiger partial charge in [0.2, 0.25) is 5.91 Å². The molecule has 0 spiro atoms. The third-order valence-corrected chi connectivity index (χ3v) is 5.84. The van der Waals surface area contributed by atoms with Gasteiger partial charge in [-0.1, -0.05) is 31.7 Å². The number of fused-ring (bicyclic) bond motifs is 1. The number of nitrogens with zero attached hydrogens (tertiary/aromatic N) is 2. The van der Waals surface area contributed by atoms with Gasteiger partial charge in [-0.25, -0.2) is 9.79 Å². The number of carbonyl (C=O) groups excluding carboxylic acids is 3. The molecular formula is C22H26N2O6S. The Morgan fingerprint density at radius 1 is 1.26 bits per heavy atom. The topological polar surface area (TPSA) is 94.5 Å². The van der Waals surface area contributed by atoms with E-state index in [4.69, 9.17) is 14.2 Å². The van der Waals surface area contributed by atoms with Crippen LogP contribution in [-0.4, -0.2) is 46.9 Å². The van der Waals surface area contributed by atoms with Crippen LogP contribution in [0.3, 0.4) is 0 Å². The van der Waals surface area contributed by atoms with E-state index in [1.165, 1.54) is 30.7 Å². The lowest BCUT2D eigenvalue weighted by Crippen LogP contribution is -2.40. The van der Waals surface area contributed by atoms with Gasteiger partial charge < -0.3 is 14.2 Å². The van der Waals surface area contributed by atoms with Crippen molar-refractivity contribution in [2.24, 2.45) is 10.9 Å². The van der Waals surface area contributed by atoms with Crippen molar-refractivity contribution >= 4 is 34.8 Å². The first-order valence-electron chi connectivity index (χ1n) is 9.96. The fraction of sp³-hybridized carbons (Fsp3) is 0.455. The van der Waals surface area contributed by atoms with Crippen LogP contribution in [0.5, 0.6) is 11.5 Å². The second-order valence-electron chi connectivity index (χ2n) is 7.76. The van der Waals surface area contributed by atoms with Crippen LogP contribution < -0.4 is 9.47 Å². The molecule has 0 aromatic heterocycles. The summed E-state index contributed by atoms with van der Waals surface area (Å²) in [5.74, 6) is -0.400. The number of ether oxygens (including phenoxy) is 3. The molecule has 0 N–H and O–H groups in total. The van der Waals surface area contributed by atoms with Crippen molar-refractivity contribution < 1.29 is 28.6 Å². The predicted octanol–water partition coefficient (Wildman–Crippen LogP) is 3.47. The van der Waals surface area contributed by atoms with E-state index in [9.17, 15) is 14.4 Å². The number of carbonyl (C=O) groups is 3. The minimum absolute atomic E-state index is 0.140. The fourth-order valence-electron chi connectivity index (χ4n) is 3.39. The van der Waals surface area contributed by atoms with E-state index in [2.05, 4.69) is 4.99 Å². The average molecular weight is 447 g/mol. The van der Waals surface area contributed by atoms with Crippen LogP contribution in [0.25, 0.3) is 0 Å². The zero-order chi connectivity index (χ0) is 22.9. The molecule has 2 aliphatic heterocycles. The van der Waals surface area contributed by atoms with Crippen LogP contribution in [0.1, 0.15) is 46.2 Å². The number of amides is 1. The number of benzene rings is 1. The summed E-state index contributed by atoms with van der Waals surface area (Å²) >= 11 is 1.35. The number of aliphatic imine (C=N–C) groups is 1. The number of amidine groups is 1. The van der Waals surface area contributed by atoms with Crippen molar-refractivity contribution in [3.63, 3.8) is 0 Å². The standard InChI is InChI=1S/C22H26N2O6S/c1-11(2)10-29-21(27)18-12(3)23-22-24(20(26)13(4)31-22)19(18)15-7-8-16(30-14(5)25)17(9-15)28-6/h7-9,11,13,19H,10H2,1-6H3/t13-,19+/m1/s1. The Balaban J connectivity index is 2.10. The summed E-state index contributed by atoms with van der Waals surface area (Å²) in [6.07, 6.45) is 0. The molecule has 9 heteroatoms. The van der Waals surface area contributed by atoms with E-state index in [1.54, 1.807) is 32.0 Å². The highest BCUT2D eigenvalue weighted by molar-refractivity contribution is 8.15. The Hall–Kier alpha value is -2.81. The Morgan fingerprint density at radius 2 is 1.97 bits per heavy atom. The Kier molecular flexibility index (Phi) is 6.74. The molecule has 1 amide bonds. The van der Waals surface area contributed by atoms with E-state index >= 15 is 0 Å². The monoisotopic (exact) mass is 446 g/mol. The smallest absolute Gasteiger partial charge is 0.338 e. The first kappa shape index (κ1) is 22.9. The van der Waals surface area contributed by atoms with Crippen LogP contribution >= 0.6 is 11.8 Å². The van der Waals surface area contributed by atoms with E-state index < -0.39 is 18.0 Å². The summed E-state index contributed by atoms with van der Waals surface area (Å²) in [5, 5.41) is 0.228. The Labute approximate surface area is 185 Å². The minimum atomic E-state index is -0.725. The van der Waals surface area contributed by atoms with Gasteiger partial charge in [-0.15, -0.1) is 0 Å². The van der Waals surface area contributed by atoms with Crippen LogP contribution in [0.15, 0.2) is 34.5 Å². The van der Waals surface area contributed by atoms with Crippen molar-refractivity contribution in [1.29, 1.82) is 0 Å². The second-order valence-corrected chi connectivity index (χ2v) is 9.07. The molecular weight excluding hydrogens is 420 g/mol. The van der Waals surface area contributed by atoms with E-state index in [-0.39, 0.29) is 29.4 Å². The summed E-state index contributed by atoms with van der Waals surface area (Å²) in [6.45, 7) is 9.00. The highest BCUT2D eigenvalue weighted by Gasteiger charge is 2.46. The zero-order valence-corrected chi connectivity index (χ0v) is 19.2. The SMILES string of the molecule is COc1cc([C@H]2C(C(=O)OCC(C)C)=C(C)N=C3S[C@H](C)C(=O)N32)ccc1OC(C)=O. The molecule has 0 radical (unpaired) electrons. The highest BCUT2D eigenvalue weighted by atomic mass is 32.2.